The van der Waals surface area contributed by atoms with E-state index in [2.05, 4.69) is 4.98 Å². The molecule has 0 aliphatic heterocycles. The van der Waals surface area contributed by atoms with Crippen LogP contribution >= 0.6 is 0 Å². The maximum Gasteiger partial charge on any atom is 0.276 e. The quantitative estimate of drug-likeness (QED) is 0.675. The number of rotatable bonds is 3. The van der Waals surface area contributed by atoms with Crippen molar-refractivity contribution in [3.63, 3.8) is 0 Å². The second-order valence-corrected chi connectivity index (χ2v) is 4.11. The molecule has 0 spiro atoms. The van der Waals surface area contributed by atoms with Crippen LogP contribution in [-0.2, 0) is 0 Å². The molecule has 0 fully saturated rings. The summed E-state index contributed by atoms with van der Waals surface area (Å²) in [5.41, 5.74) is 7.57. The molecule has 98 valence electrons. The Morgan fingerprint density at radius 1 is 1.32 bits per heavy atom. The molecule has 2 aromatic rings. The number of hydrogen-bond donors (Lipinski definition) is 1. The van der Waals surface area contributed by atoms with Crippen LogP contribution in [0, 0.1) is 24.0 Å². The number of benzene rings is 1. The molecule has 2 rings (SSSR count). The lowest BCUT2D eigenvalue weighted by Crippen LogP contribution is -1.99. The van der Waals surface area contributed by atoms with Crippen LogP contribution in [-0.4, -0.2) is 9.91 Å². The van der Waals surface area contributed by atoms with E-state index in [1.54, 1.807) is 31.3 Å². The summed E-state index contributed by atoms with van der Waals surface area (Å²) in [6, 6.07) is 6.40. The number of nitro benzene ring substituents is 1. The number of hydrogen-bond acceptors (Lipinski definition) is 5. The molecule has 0 amide bonds. The number of pyridine rings is 1. The molecule has 19 heavy (non-hydrogen) atoms. The summed E-state index contributed by atoms with van der Waals surface area (Å²) >= 11 is 0. The fourth-order valence-corrected chi connectivity index (χ4v) is 1.64. The highest BCUT2D eigenvalue weighted by atomic mass is 16.6. The highest BCUT2D eigenvalue weighted by molar-refractivity contribution is 5.57. The minimum atomic E-state index is -0.449. The van der Waals surface area contributed by atoms with Gasteiger partial charge in [0.05, 0.1) is 16.2 Å². The van der Waals surface area contributed by atoms with Gasteiger partial charge in [-0.15, -0.1) is 0 Å². The Kier molecular flexibility index (Phi) is 3.33. The molecule has 0 aliphatic rings. The first-order valence-electron chi connectivity index (χ1n) is 5.63. The monoisotopic (exact) mass is 259 g/mol. The number of nitrogen functional groups attached to an aromatic ring is 1. The van der Waals surface area contributed by atoms with Gasteiger partial charge >= 0.3 is 0 Å². The van der Waals surface area contributed by atoms with E-state index in [1.807, 2.05) is 6.92 Å². The number of nitrogens with two attached hydrogens (primary N) is 1. The highest BCUT2D eigenvalue weighted by Crippen LogP contribution is 2.32. The molecule has 1 aromatic carbocycles. The summed E-state index contributed by atoms with van der Waals surface area (Å²) < 4.78 is 5.57. The zero-order valence-corrected chi connectivity index (χ0v) is 10.6. The van der Waals surface area contributed by atoms with Crippen LogP contribution in [0.2, 0.25) is 0 Å². The van der Waals surface area contributed by atoms with Crippen LogP contribution in [0.4, 0.5) is 11.4 Å². The summed E-state index contributed by atoms with van der Waals surface area (Å²) in [6.45, 7) is 3.46. The fourth-order valence-electron chi connectivity index (χ4n) is 1.64. The van der Waals surface area contributed by atoms with Gasteiger partial charge in [-0.1, -0.05) is 6.07 Å². The molecule has 0 saturated carbocycles. The number of nitrogens with zero attached hydrogens (tertiary/aromatic N) is 2. The van der Waals surface area contributed by atoms with Crippen molar-refractivity contribution in [2.24, 2.45) is 0 Å². The van der Waals surface area contributed by atoms with Crippen LogP contribution in [0.5, 0.6) is 11.6 Å². The lowest BCUT2D eigenvalue weighted by Gasteiger charge is -2.10. The molecule has 1 aromatic heterocycles. The van der Waals surface area contributed by atoms with E-state index in [4.69, 9.17) is 10.5 Å². The smallest absolute Gasteiger partial charge is 0.276 e. The summed E-state index contributed by atoms with van der Waals surface area (Å²) in [5, 5.41) is 10.9. The van der Waals surface area contributed by atoms with Gasteiger partial charge in [0.15, 0.2) is 0 Å². The van der Waals surface area contributed by atoms with Gasteiger partial charge in [-0.3, -0.25) is 10.1 Å². The Balaban J connectivity index is 2.42. The van der Waals surface area contributed by atoms with Crippen molar-refractivity contribution < 1.29 is 9.66 Å². The van der Waals surface area contributed by atoms with E-state index >= 15 is 0 Å². The molecule has 0 bridgehead atoms. The van der Waals surface area contributed by atoms with Gasteiger partial charge < -0.3 is 10.5 Å². The lowest BCUT2D eigenvalue weighted by atomic mass is 10.2. The first-order valence-corrected chi connectivity index (χ1v) is 5.63. The Labute approximate surface area is 110 Å². The minimum absolute atomic E-state index is 0.00345. The van der Waals surface area contributed by atoms with Crippen LogP contribution in [0.1, 0.15) is 11.1 Å². The van der Waals surface area contributed by atoms with Crippen molar-refractivity contribution in [2.75, 3.05) is 5.73 Å². The molecular formula is C13H13N3O3. The fraction of sp³-hybridized carbons (Fsp3) is 0.154. The van der Waals surface area contributed by atoms with Crippen molar-refractivity contribution >= 4 is 11.4 Å². The Morgan fingerprint density at radius 3 is 2.74 bits per heavy atom. The number of aromatic nitrogens is 1. The molecule has 2 N–H and O–H groups in total. The average Bonchev–Trinajstić information content (AvgIpc) is 2.37. The molecule has 0 unspecified atom stereocenters. The topological polar surface area (TPSA) is 91.3 Å². The predicted octanol–water partition coefficient (Wildman–Crippen LogP) is 2.98. The second kappa shape index (κ2) is 4.93. The molecular weight excluding hydrogens is 246 g/mol. The van der Waals surface area contributed by atoms with Gasteiger partial charge in [0, 0.05) is 12.3 Å². The van der Waals surface area contributed by atoms with E-state index in [9.17, 15) is 10.1 Å². The molecule has 1 heterocycles. The zero-order valence-electron chi connectivity index (χ0n) is 10.6. The van der Waals surface area contributed by atoms with Gasteiger partial charge in [-0.25, -0.2) is 4.98 Å². The van der Waals surface area contributed by atoms with Crippen molar-refractivity contribution in [3.05, 3.63) is 51.7 Å². The van der Waals surface area contributed by atoms with Crippen LogP contribution in [0.3, 0.4) is 0 Å². The minimum Gasteiger partial charge on any atom is -0.437 e. The second-order valence-electron chi connectivity index (χ2n) is 4.11. The lowest BCUT2D eigenvalue weighted by molar-refractivity contribution is -0.385. The number of aryl methyl sites for hydroxylation is 1. The molecule has 6 heteroatoms. The van der Waals surface area contributed by atoms with E-state index in [0.29, 0.717) is 17.0 Å². The average molecular weight is 259 g/mol. The summed E-state index contributed by atoms with van der Waals surface area (Å²) in [7, 11) is 0. The largest absolute Gasteiger partial charge is 0.437 e. The predicted molar refractivity (Wildman–Crippen MR) is 71.3 cm³/mol. The van der Waals surface area contributed by atoms with Gasteiger partial charge in [-0.2, -0.15) is 0 Å². The maximum atomic E-state index is 10.9. The summed E-state index contributed by atoms with van der Waals surface area (Å²) in [5.74, 6) is 0.627. The van der Waals surface area contributed by atoms with E-state index in [1.165, 1.54) is 6.07 Å². The molecule has 0 saturated heterocycles. The molecule has 6 nitrogen and oxygen atoms in total. The zero-order chi connectivity index (χ0) is 14.0. The summed E-state index contributed by atoms with van der Waals surface area (Å²) in [6.07, 6.45) is 1.58. The van der Waals surface area contributed by atoms with E-state index in [0.717, 1.165) is 5.56 Å². The van der Waals surface area contributed by atoms with Gasteiger partial charge in [-0.05, 0) is 31.5 Å². The Morgan fingerprint density at radius 2 is 2.05 bits per heavy atom. The third kappa shape index (κ3) is 2.47. The van der Waals surface area contributed by atoms with Crippen LogP contribution in [0.15, 0.2) is 30.5 Å². The Bertz CT molecular complexity index is 641. The number of anilines is 1. The van der Waals surface area contributed by atoms with Gasteiger partial charge in [0.2, 0.25) is 5.88 Å². The third-order valence-electron chi connectivity index (χ3n) is 2.83. The molecule has 0 atom stereocenters. The van der Waals surface area contributed by atoms with Gasteiger partial charge in [0.1, 0.15) is 5.75 Å². The first-order chi connectivity index (χ1) is 9.00. The van der Waals surface area contributed by atoms with Crippen LogP contribution in [0.25, 0.3) is 0 Å². The normalized spacial score (nSPS) is 10.2. The standard InChI is InChI=1S/C13H13N3O3/c1-8-6-7-15-13(12(8)14)19-11-5-3-4-10(9(11)2)16(17)18/h3-7H,14H2,1-2H3. The number of ether oxygens (including phenoxy) is 1. The third-order valence-corrected chi connectivity index (χ3v) is 2.83. The SMILES string of the molecule is Cc1ccnc(Oc2cccc([N+](=O)[O-])c2C)c1N. The van der Waals surface area contributed by atoms with Crippen molar-refractivity contribution in [3.8, 4) is 11.6 Å². The van der Waals surface area contributed by atoms with Crippen molar-refractivity contribution in [1.82, 2.24) is 4.98 Å². The number of nitro groups is 1. The highest BCUT2D eigenvalue weighted by Gasteiger charge is 2.16. The van der Waals surface area contributed by atoms with Crippen LogP contribution < -0.4 is 10.5 Å². The first kappa shape index (κ1) is 12.8. The van der Waals surface area contributed by atoms with E-state index < -0.39 is 4.92 Å². The molecule has 0 radical (unpaired) electrons. The molecule has 0 aliphatic carbocycles. The van der Waals surface area contributed by atoms with Crippen molar-refractivity contribution in [1.29, 1.82) is 0 Å². The maximum absolute atomic E-state index is 10.9. The van der Waals surface area contributed by atoms with E-state index in [-0.39, 0.29) is 11.6 Å². The van der Waals surface area contributed by atoms with Crippen molar-refractivity contribution in [2.45, 2.75) is 13.8 Å². The Hall–Kier alpha value is -2.63. The van der Waals surface area contributed by atoms with Gasteiger partial charge in [0.25, 0.3) is 5.69 Å². The summed E-state index contributed by atoms with van der Waals surface area (Å²) in [4.78, 5) is 14.4.